The molecule has 3 N–H and O–H groups in total. The number of nitrogens with one attached hydrogen (secondary N) is 2. The average molecular weight is 485 g/mol. The van der Waals surface area contributed by atoms with Crippen LogP contribution in [0, 0.1) is 0 Å². The summed E-state index contributed by atoms with van der Waals surface area (Å²) in [4.78, 5) is 20.1. The number of hydrogen-bond acceptors (Lipinski definition) is 5. The molecule has 2 heterocycles. The van der Waals surface area contributed by atoms with Crippen molar-refractivity contribution in [3.8, 4) is 5.75 Å². The highest BCUT2D eigenvalue weighted by Crippen LogP contribution is 2.37. The highest BCUT2D eigenvalue weighted by molar-refractivity contribution is 6.32. The molecule has 182 valence electrons. The first-order valence-corrected chi connectivity index (χ1v) is 12.2. The van der Waals surface area contributed by atoms with E-state index >= 15 is 0 Å². The second-order valence-electron chi connectivity index (χ2n) is 8.74. The third-order valence-corrected chi connectivity index (χ3v) is 6.70. The van der Waals surface area contributed by atoms with Crippen LogP contribution < -0.4 is 15.0 Å². The number of aliphatic hydroxyl groups excluding tert-OH is 1. The van der Waals surface area contributed by atoms with Crippen molar-refractivity contribution in [1.82, 2.24) is 15.2 Å². The molecule has 0 unspecified atom stereocenters. The zero-order chi connectivity index (χ0) is 24.1. The van der Waals surface area contributed by atoms with E-state index in [9.17, 15) is 9.90 Å². The largest absolute Gasteiger partial charge is 0.493 e. The van der Waals surface area contributed by atoms with Gasteiger partial charge in [0, 0.05) is 50.2 Å². The number of aromatic amines is 1. The molecule has 0 saturated carbocycles. The predicted octanol–water partition coefficient (Wildman–Crippen LogP) is 3.70. The normalized spacial score (nSPS) is 15.5. The number of nitrogens with zero attached hydrogens (tertiary/aromatic N) is 2. The molecule has 1 aromatic heterocycles. The molecule has 1 atom stereocenters. The number of rotatable bonds is 9. The Labute approximate surface area is 205 Å². The molecule has 7 nitrogen and oxygen atoms in total. The van der Waals surface area contributed by atoms with Crippen LogP contribution in [0.1, 0.15) is 29.4 Å². The molecular formula is C26H33ClN4O3. The molecule has 3 aromatic rings. The van der Waals surface area contributed by atoms with Gasteiger partial charge in [0.05, 0.1) is 23.9 Å². The Hall–Kier alpha value is -2.74. The number of methoxy groups -OCH3 is 1. The van der Waals surface area contributed by atoms with Crippen LogP contribution >= 0.6 is 11.6 Å². The Morgan fingerprint density at radius 1 is 1.21 bits per heavy atom. The van der Waals surface area contributed by atoms with Crippen LogP contribution in [0.25, 0.3) is 10.9 Å². The van der Waals surface area contributed by atoms with Crippen molar-refractivity contribution < 1.29 is 14.6 Å². The molecule has 0 aliphatic carbocycles. The van der Waals surface area contributed by atoms with Gasteiger partial charge in [0.2, 0.25) is 0 Å². The molecule has 1 aliphatic heterocycles. The van der Waals surface area contributed by atoms with Crippen molar-refractivity contribution in [3.05, 3.63) is 58.7 Å². The summed E-state index contributed by atoms with van der Waals surface area (Å²) in [6.07, 6.45) is 0.926. The van der Waals surface area contributed by atoms with Gasteiger partial charge in [-0.1, -0.05) is 36.7 Å². The Bertz CT molecular complexity index is 1090. The van der Waals surface area contributed by atoms with E-state index in [1.807, 2.05) is 36.4 Å². The van der Waals surface area contributed by atoms with Gasteiger partial charge < -0.3 is 25.0 Å². The van der Waals surface area contributed by atoms with Gasteiger partial charge in [-0.3, -0.25) is 9.69 Å². The number of ether oxygens (including phenoxy) is 1. The van der Waals surface area contributed by atoms with E-state index in [0.717, 1.165) is 54.9 Å². The van der Waals surface area contributed by atoms with Gasteiger partial charge in [0.1, 0.15) is 5.69 Å². The number of anilines is 1. The number of piperazine rings is 1. The molecule has 1 saturated heterocycles. The number of β-amino-alcohol motifs (C(OH)–C–C–N with tert-alkyl or cyclic N) is 1. The number of aliphatic hydroxyl groups is 1. The summed E-state index contributed by atoms with van der Waals surface area (Å²) in [6.45, 7) is 6.49. The Balaban J connectivity index is 1.23. The van der Waals surface area contributed by atoms with E-state index in [1.165, 1.54) is 5.56 Å². The van der Waals surface area contributed by atoms with Crippen LogP contribution in [0.15, 0.2) is 42.5 Å². The second-order valence-corrected chi connectivity index (χ2v) is 9.15. The molecule has 34 heavy (non-hydrogen) atoms. The van der Waals surface area contributed by atoms with Crippen LogP contribution in [-0.2, 0) is 6.42 Å². The number of benzene rings is 2. The molecule has 0 spiro atoms. The minimum atomic E-state index is -0.498. The standard InChI is InChI=1S/C26H33ClN4O3/c1-3-18-14-21(27)25(34-2)24(15-18)31-12-10-30(11-13-31)17-20(32)8-9-28-26(33)23-16-19-6-4-5-7-22(19)29-23/h4-7,14-16,20,29,32H,3,8-13,17H2,1-2H3,(H,28,33)/t20-/m0/s1. The fourth-order valence-corrected chi connectivity index (χ4v) is 4.79. The van der Waals surface area contributed by atoms with E-state index in [0.29, 0.717) is 30.2 Å². The van der Waals surface area contributed by atoms with Gasteiger partial charge in [-0.2, -0.15) is 0 Å². The Morgan fingerprint density at radius 3 is 2.68 bits per heavy atom. The minimum absolute atomic E-state index is 0.154. The fourth-order valence-electron chi connectivity index (χ4n) is 4.48. The molecule has 0 radical (unpaired) electrons. The van der Waals surface area contributed by atoms with Crippen molar-refractivity contribution in [1.29, 1.82) is 0 Å². The van der Waals surface area contributed by atoms with Crippen LogP contribution in [0.5, 0.6) is 5.75 Å². The Kier molecular flexibility index (Phi) is 7.98. The maximum Gasteiger partial charge on any atom is 0.267 e. The number of aromatic nitrogens is 1. The fraction of sp³-hybridized carbons (Fsp3) is 0.423. The van der Waals surface area contributed by atoms with Crippen LogP contribution in [0.2, 0.25) is 5.02 Å². The summed E-state index contributed by atoms with van der Waals surface area (Å²) in [6, 6.07) is 13.8. The predicted molar refractivity (Wildman–Crippen MR) is 137 cm³/mol. The van der Waals surface area contributed by atoms with Gasteiger partial charge in [-0.05, 0) is 42.7 Å². The van der Waals surface area contributed by atoms with Crippen LogP contribution in [0.3, 0.4) is 0 Å². The van der Waals surface area contributed by atoms with E-state index < -0.39 is 6.10 Å². The smallest absolute Gasteiger partial charge is 0.267 e. The Morgan fingerprint density at radius 2 is 1.97 bits per heavy atom. The van der Waals surface area contributed by atoms with Crippen molar-refractivity contribution in [2.45, 2.75) is 25.9 Å². The van der Waals surface area contributed by atoms with Gasteiger partial charge in [0.25, 0.3) is 5.91 Å². The zero-order valence-electron chi connectivity index (χ0n) is 19.8. The first-order valence-electron chi connectivity index (χ1n) is 11.9. The monoisotopic (exact) mass is 484 g/mol. The summed E-state index contributed by atoms with van der Waals surface area (Å²) in [7, 11) is 1.65. The topological polar surface area (TPSA) is 80.8 Å². The third-order valence-electron chi connectivity index (χ3n) is 6.42. The number of hydrogen-bond donors (Lipinski definition) is 3. The number of H-pyrrole nitrogens is 1. The summed E-state index contributed by atoms with van der Waals surface area (Å²) in [5.41, 5.74) is 3.70. The van der Waals surface area contributed by atoms with E-state index in [1.54, 1.807) is 7.11 Å². The lowest BCUT2D eigenvalue weighted by atomic mass is 10.1. The van der Waals surface area contributed by atoms with E-state index in [-0.39, 0.29) is 5.91 Å². The number of aryl methyl sites for hydroxylation is 1. The maximum absolute atomic E-state index is 12.4. The van der Waals surface area contributed by atoms with Crippen LogP contribution in [-0.4, -0.2) is 73.4 Å². The number of para-hydroxylation sites is 1. The van der Waals surface area contributed by atoms with Gasteiger partial charge in [-0.15, -0.1) is 0 Å². The average Bonchev–Trinajstić information content (AvgIpc) is 3.28. The first kappa shape index (κ1) is 24.4. The molecule has 4 rings (SSSR count). The summed E-state index contributed by atoms with van der Waals surface area (Å²) in [5.74, 6) is 0.567. The highest BCUT2D eigenvalue weighted by Gasteiger charge is 2.23. The van der Waals surface area contributed by atoms with Gasteiger partial charge >= 0.3 is 0 Å². The van der Waals surface area contributed by atoms with Gasteiger partial charge in [-0.25, -0.2) is 0 Å². The molecule has 2 aromatic carbocycles. The molecule has 8 heteroatoms. The third kappa shape index (κ3) is 5.66. The number of halogens is 1. The minimum Gasteiger partial charge on any atom is -0.493 e. The number of carbonyl (C=O) groups excluding carboxylic acids is 1. The lowest BCUT2D eigenvalue weighted by molar-refractivity contribution is 0.0899. The lowest BCUT2D eigenvalue weighted by Gasteiger charge is -2.37. The number of carbonyl (C=O) groups is 1. The maximum atomic E-state index is 12.4. The van der Waals surface area contributed by atoms with Crippen molar-refractivity contribution in [2.24, 2.45) is 0 Å². The second kappa shape index (κ2) is 11.1. The highest BCUT2D eigenvalue weighted by atomic mass is 35.5. The molecular weight excluding hydrogens is 452 g/mol. The SMILES string of the molecule is CCc1cc(Cl)c(OC)c(N2CCN(C[C@@H](O)CCNC(=O)c3cc4ccccc4[nH]3)CC2)c1. The summed E-state index contributed by atoms with van der Waals surface area (Å²) in [5, 5.41) is 15.1. The number of fused-ring (bicyclic) bond motifs is 1. The van der Waals surface area contributed by atoms with Gasteiger partial charge in [0.15, 0.2) is 5.75 Å². The zero-order valence-corrected chi connectivity index (χ0v) is 20.6. The first-order chi connectivity index (χ1) is 16.5. The summed E-state index contributed by atoms with van der Waals surface area (Å²) >= 11 is 6.43. The summed E-state index contributed by atoms with van der Waals surface area (Å²) < 4.78 is 5.57. The molecule has 1 aliphatic rings. The van der Waals surface area contributed by atoms with Crippen molar-refractivity contribution in [3.63, 3.8) is 0 Å². The quantitative estimate of drug-likeness (QED) is 0.431. The molecule has 1 fully saturated rings. The van der Waals surface area contributed by atoms with E-state index in [4.69, 9.17) is 16.3 Å². The molecule has 1 amide bonds. The lowest BCUT2D eigenvalue weighted by Crippen LogP contribution is -2.49. The van der Waals surface area contributed by atoms with Crippen LogP contribution in [0.4, 0.5) is 5.69 Å². The van der Waals surface area contributed by atoms with Crippen molar-refractivity contribution >= 4 is 34.1 Å². The number of amides is 1. The van der Waals surface area contributed by atoms with Crippen molar-refractivity contribution in [2.75, 3.05) is 51.3 Å². The molecule has 0 bridgehead atoms. The van der Waals surface area contributed by atoms with E-state index in [2.05, 4.69) is 33.1 Å².